The van der Waals surface area contributed by atoms with Crippen LogP contribution in [0.25, 0.3) is 6.08 Å². The van der Waals surface area contributed by atoms with Crippen LogP contribution >= 0.6 is 43.2 Å². The molecular weight excluding hydrogens is 640 g/mol. The van der Waals surface area contributed by atoms with Crippen molar-refractivity contribution in [2.24, 2.45) is 4.99 Å². The van der Waals surface area contributed by atoms with Gasteiger partial charge in [-0.25, -0.2) is 9.79 Å². The first-order valence-corrected chi connectivity index (χ1v) is 14.2. The standard InChI is InChI=1S/C27H26Br2N2O6S/c1-6-36-21-13-18(29)17(12-20(21)35-5)24-23(26(33)37-7-2)14(3)30-27-31(24)25(32)22(38-27)11-15-10-16(28)8-9-19(15)34-4/h8-13,24H,6-7H2,1-5H3/b22-11+/t24-/m0/s1. The number of ether oxygens (including phenoxy) is 4. The maximum Gasteiger partial charge on any atom is 0.338 e. The van der Waals surface area contributed by atoms with E-state index >= 15 is 0 Å². The number of esters is 1. The molecule has 3 aromatic rings. The molecule has 0 spiro atoms. The van der Waals surface area contributed by atoms with Crippen LogP contribution in [-0.2, 0) is 9.53 Å². The number of fused-ring (bicyclic) bond motifs is 1. The summed E-state index contributed by atoms with van der Waals surface area (Å²) in [4.78, 5) is 32.3. The molecule has 0 bridgehead atoms. The number of halogens is 2. The van der Waals surface area contributed by atoms with Crippen molar-refractivity contribution in [2.75, 3.05) is 27.4 Å². The van der Waals surface area contributed by atoms with E-state index in [-0.39, 0.29) is 17.7 Å². The Morgan fingerprint density at radius 3 is 2.47 bits per heavy atom. The minimum atomic E-state index is -0.809. The Labute approximate surface area is 240 Å². The highest BCUT2D eigenvalue weighted by Gasteiger charge is 2.35. The van der Waals surface area contributed by atoms with Gasteiger partial charge >= 0.3 is 5.97 Å². The van der Waals surface area contributed by atoms with E-state index in [0.717, 1.165) is 10.0 Å². The molecule has 0 radical (unpaired) electrons. The normalized spacial score (nSPS) is 15.1. The Balaban J connectivity index is 2.02. The maximum absolute atomic E-state index is 13.9. The molecule has 2 aromatic carbocycles. The zero-order chi connectivity index (χ0) is 27.6. The Hall–Kier alpha value is -2.89. The summed E-state index contributed by atoms with van der Waals surface area (Å²) in [6, 6.07) is 8.30. The van der Waals surface area contributed by atoms with Crippen LogP contribution in [0.2, 0.25) is 0 Å². The monoisotopic (exact) mass is 664 g/mol. The van der Waals surface area contributed by atoms with Crippen LogP contribution in [-0.4, -0.2) is 38.0 Å². The topological polar surface area (TPSA) is 88.4 Å². The number of methoxy groups -OCH3 is 2. The minimum Gasteiger partial charge on any atom is -0.496 e. The van der Waals surface area contributed by atoms with Gasteiger partial charge in [0.1, 0.15) is 5.75 Å². The number of benzene rings is 2. The summed E-state index contributed by atoms with van der Waals surface area (Å²) in [5, 5.41) is 0. The van der Waals surface area contributed by atoms with E-state index in [1.165, 1.54) is 15.9 Å². The largest absolute Gasteiger partial charge is 0.496 e. The Bertz CT molecular complexity index is 1610. The molecule has 1 aliphatic heterocycles. The van der Waals surface area contributed by atoms with Gasteiger partial charge in [-0.15, -0.1) is 0 Å². The molecule has 0 amide bonds. The summed E-state index contributed by atoms with van der Waals surface area (Å²) >= 11 is 8.35. The zero-order valence-corrected chi connectivity index (χ0v) is 25.5. The number of hydrogen-bond acceptors (Lipinski definition) is 8. The molecule has 8 nitrogen and oxygen atoms in total. The molecule has 0 aliphatic carbocycles. The first-order chi connectivity index (χ1) is 18.2. The van der Waals surface area contributed by atoms with Gasteiger partial charge < -0.3 is 18.9 Å². The highest BCUT2D eigenvalue weighted by Crippen LogP contribution is 2.41. The van der Waals surface area contributed by atoms with Crippen molar-refractivity contribution in [1.29, 1.82) is 0 Å². The van der Waals surface area contributed by atoms with E-state index in [1.54, 1.807) is 46.3 Å². The van der Waals surface area contributed by atoms with Gasteiger partial charge in [-0.3, -0.25) is 9.36 Å². The summed E-state index contributed by atoms with van der Waals surface area (Å²) in [5.41, 5.74) is 1.82. The molecule has 1 aromatic heterocycles. The van der Waals surface area contributed by atoms with Gasteiger partial charge in [0.25, 0.3) is 5.56 Å². The molecule has 38 heavy (non-hydrogen) atoms. The fourth-order valence-corrected chi connectivity index (χ4v) is 6.19. The van der Waals surface area contributed by atoms with Crippen LogP contribution in [0.5, 0.6) is 17.2 Å². The number of rotatable bonds is 8. The van der Waals surface area contributed by atoms with Gasteiger partial charge in [0.05, 0.1) is 49.3 Å². The van der Waals surface area contributed by atoms with E-state index in [9.17, 15) is 9.59 Å². The van der Waals surface area contributed by atoms with Crippen molar-refractivity contribution in [3.63, 3.8) is 0 Å². The molecule has 2 heterocycles. The number of carbonyl (C=O) groups is 1. The maximum atomic E-state index is 13.9. The van der Waals surface area contributed by atoms with Crippen molar-refractivity contribution in [3.8, 4) is 17.2 Å². The predicted molar refractivity (Wildman–Crippen MR) is 153 cm³/mol. The number of aromatic nitrogens is 1. The van der Waals surface area contributed by atoms with E-state index in [1.807, 2.05) is 25.1 Å². The molecule has 0 saturated carbocycles. The third kappa shape index (κ3) is 5.32. The fourth-order valence-electron chi connectivity index (χ4n) is 4.23. The van der Waals surface area contributed by atoms with Crippen LogP contribution in [0.1, 0.15) is 37.9 Å². The molecule has 0 saturated heterocycles. The SMILES string of the molecule is CCOC(=O)C1=C(C)N=c2s/c(=C/c3cc(Br)ccc3OC)c(=O)n2[C@H]1c1cc(OC)c(OCC)cc1Br. The summed E-state index contributed by atoms with van der Waals surface area (Å²) in [6.07, 6.45) is 1.77. The third-order valence-corrected chi connectivity index (χ3v) is 8.04. The summed E-state index contributed by atoms with van der Waals surface area (Å²) in [6.45, 7) is 5.99. The van der Waals surface area contributed by atoms with Crippen LogP contribution < -0.4 is 29.1 Å². The van der Waals surface area contributed by atoms with Crippen molar-refractivity contribution in [1.82, 2.24) is 4.57 Å². The van der Waals surface area contributed by atoms with Gasteiger partial charge in [0, 0.05) is 14.5 Å². The number of nitrogens with zero attached hydrogens (tertiary/aromatic N) is 2. The molecule has 1 atom stereocenters. The lowest BCUT2D eigenvalue weighted by Gasteiger charge is -2.26. The third-order valence-electron chi connectivity index (χ3n) is 5.87. The van der Waals surface area contributed by atoms with Gasteiger partial charge in [-0.05, 0) is 62.7 Å². The van der Waals surface area contributed by atoms with Gasteiger partial charge in [0.2, 0.25) is 0 Å². The second kappa shape index (κ2) is 11.9. The molecule has 11 heteroatoms. The van der Waals surface area contributed by atoms with Crippen LogP contribution in [0.15, 0.2) is 60.3 Å². The lowest BCUT2D eigenvalue weighted by Crippen LogP contribution is -2.40. The number of hydrogen-bond donors (Lipinski definition) is 0. The van der Waals surface area contributed by atoms with E-state index in [2.05, 4.69) is 36.9 Å². The molecule has 0 unspecified atom stereocenters. The van der Waals surface area contributed by atoms with E-state index in [0.29, 0.717) is 48.9 Å². The number of carbonyl (C=O) groups excluding carboxylic acids is 1. The minimum absolute atomic E-state index is 0.184. The van der Waals surface area contributed by atoms with Crippen molar-refractivity contribution < 1.29 is 23.7 Å². The quantitative estimate of drug-likeness (QED) is 0.323. The van der Waals surface area contributed by atoms with E-state index < -0.39 is 12.0 Å². The Morgan fingerprint density at radius 1 is 1.08 bits per heavy atom. The lowest BCUT2D eigenvalue weighted by molar-refractivity contribution is -0.139. The molecule has 0 fully saturated rings. The summed E-state index contributed by atoms with van der Waals surface area (Å²) < 4.78 is 25.6. The zero-order valence-electron chi connectivity index (χ0n) is 21.5. The molecule has 200 valence electrons. The highest BCUT2D eigenvalue weighted by molar-refractivity contribution is 9.10. The van der Waals surface area contributed by atoms with Gasteiger partial charge in [-0.2, -0.15) is 0 Å². The molecule has 4 rings (SSSR count). The average Bonchev–Trinajstić information content (AvgIpc) is 3.18. The molecule has 1 aliphatic rings. The number of allylic oxidation sites excluding steroid dienone is 1. The Morgan fingerprint density at radius 2 is 1.82 bits per heavy atom. The molecule has 0 N–H and O–H groups in total. The smallest absolute Gasteiger partial charge is 0.338 e. The van der Waals surface area contributed by atoms with Gasteiger partial charge in [-0.1, -0.05) is 43.2 Å². The van der Waals surface area contributed by atoms with Crippen LogP contribution in [0.3, 0.4) is 0 Å². The lowest BCUT2D eigenvalue weighted by atomic mass is 9.95. The first-order valence-electron chi connectivity index (χ1n) is 11.8. The first kappa shape index (κ1) is 28.1. The number of thiazole rings is 1. The highest BCUT2D eigenvalue weighted by atomic mass is 79.9. The van der Waals surface area contributed by atoms with Crippen LogP contribution in [0, 0.1) is 0 Å². The molecular formula is C27H26Br2N2O6S. The summed E-state index contributed by atoms with van der Waals surface area (Å²) in [7, 11) is 3.12. The van der Waals surface area contributed by atoms with E-state index in [4.69, 9.17) is 18.9 Å². The van der Waals surface area contributed by atoms with Gasteiger partial charge in [0.15, 0.2) is 16.3 Å². The van der Waals surface area contributed by atoms with Crippen molar-refractivity contribution in [3.05, 3.63) is 81.4 Å². The second-order valence-electron chi connectivity index (χ2n) is 8.15. The predicted octanol–water partition coefficient (Wildman–Crippen LogP) is 4.74. The summed E-state index contributed by atoms with van der Waals surface area (Å²) in [5.74, 6) is 1.10. The van der Waals surface area contributed by atoms with Crippen LogP contribution in [0.4, 0.5) is 0 Å². The second-order valence-corrected chi connectivity index (χ2v) is 10.9. The van der Waals surface area contributed by atoms with Crippen molar-refractivity contribution >= 4 is 55.2 Å². The fraction of sp³-hybridized carbons (Fsp3) is 0.296. The average molecular weight is 666 g/mol. The Kier molecular flexibility index (Phi) is 8.79. The van der Waals surface area contributed by atoms with Crippen molar-refractivity contribution in [2.45, 2.75) is 26.8 Å².